The van der Waals surface area contributed by atoms with E-state index in [1.807, 2.05) is 0 Å². The maximum Gasteiger partial charge on any atom is 0.411 e. The van der Waals surface area contributed by atoms with E-state index in [4.69, 9.17) is 15.3 Å². The number of hydrogen-bond donors (Lipinski definition) is 1. The number of hydroxylamine groups is 1. The average Bonchev–Trinajstić information content (AvgIpc) is 2.77. The number of ether oxygens (including phenoxy) is 1. The fourth-order valence-electron chi connectivity index (χ4n) is 3.70. The summed E-state index contributed by atoms with van der Waals surface area (Å²) in [6, 6.07) is 2.47. The molecule has 0 bridgehead atoms. The van der Waals surface area contributed by atoms with Crippen LogP contribution in [-0.4, -0.2) is 65.5 Å². The summed E-state index contributed by atoms with van der Waals surface area (Å²) in [5.41, 5.74) is 4.45. The number of sulfonamides is 1. The number of nitrogens with zero attached hydrogens (tertiary/aromatic N) is 3. The lowest BCUT2D eigenvalue weighted by Crippen LogP contribution is -2.59. The normalized spacial score (nSPS) is 18.6. The molecule has 13 heteroatoms. The number of para-hydroxylation sites is 1. The van der Waals surface area contributed by atoms with E-state index in [-0.39, 0.29) is 19.1 Å². The maximum atomic E-state index is 13.7. The van der Waals surface area contributed by atoms with Gasteiger partial charge in [-0.1, -0.05) is 42.6 Å². The van der Waals surface area contributed by atoms with Gasteiger partial charge in [0.1, 0.15) is 11.6 Å². The first-order valence-electron chi connectivity index (χ1n) is 11.1. The molecule has 0 radical (unpaired) electrons. The van der Waals surface area contributed by atoms with Gasteiger partial charge in [-0.15, -0.1) is 6.58 Å². The molecule has 1 aliphatic rings. The van der Waals surface area contributed by atoms with E-state index in [2.05, 4.69) is 6.58 Å². The third-order valence-electron chi connectivity index (χ3n) is 5.13. The zero-order valence-electron chi connectivity index (χ0n) is 20.9. The van der Waals surface area contributed by atoms with Crippen molar-refractivity contribution in [2.24, 2.45) is 11.7 Å². The van der Waals surface area contributed by atoms with E-state index in [1.54, 1.807) is 34.6 Å². The first kappa shape index (κ1) is 28.9. The first-order valence-corrected chi connectivity index (χ1v) is 12.6. The Kier molecular flexibility index (Phi) is 8.99. The predicted octanol–water partition coefficient (Wildman–Crippen LogP) is 2.76. The molecule has 0 unspecified atom stereocenters. The summed E-state index contributed by atoms with van der Waals surface area (Å²) in [5, 5.41) is 11.5. The summed E-state index contributed by atoms with van der Waals surface area (Å²) >= 11 is 0. The number of nitrogens with two attached hydrogens (primary N) is 1. The highest BCUT2D eigenvalue weighted by molar-refractivity contribution is 7.89. The summed E-state index contributed by atoms with van der Waals surface area (Å²) in [7, 11) is -4.64. The zero-order chi connectivity index (χ0) is 27.4. The number of rotatable bonds is 9. The van der Waals surface area contributed by atoms with Crippen molar-refractivity contribution in [3.63, 3.8) is 0 Å². The number of benzene rings is 1. The van der Waals surface area contributed by atoms with Gasteiger partial charge in [0, 0.05) is 12.6 Å². The molecule has 2 atom stereocenters. The van der Waals surface area contributed by atoms with Crippen LogP contribution < -0.4 is 5.73 Å². The van der Waals surface area contributed by atoms with Crippen LogP contribution in [0.15, 0.2) is 53.5 Å². The minimum atomic E-state index is -4.64. The van der Waals surface area contributed by atoms with Gasteiger partial charge in [0.2, 0.25) is 5.91 Å². The second kappa shape index (κ2) is 11.2. The Hall–Kier alpha value is -3.29. The molecule has 1 aromatic rings. The second-order valence-electron chi connectivity index (χ2n) is 9.40. The summed E-state index contributed by atoms with van der Waals surface area (Å²) in [6.07, 6.45) is 1.90. The van der Waals surface area contributed by atoms with Gasteiger partial charge in [0.05, 0.1) is 17.6 Å². The number of carbonyl (C=O) groups is 2. The van der Waals surface area contributed by atoms with Crippen molar-refractivity contribution in [1.29, 1.82) is 0 Å². The van der Waals surface area contributed by atoms with Gasteiger partial charge in [-0.05, 0) is 38.3 Å². The molecule has 198 valence electrons. The summed E-state index contributed by atoms with van der Waals surface area (Å²) in [5.74, 6) is -1.15. The zero-order valence-corrected chi connectivity index (χ0v) is 21.7. The van der Waals surface area contributed by atoms with E-state index in [1.165, 1.54) is 24.3 Å². The van der Waals surface area contributed by atoms with Gasteiger partial charge < -0.3 is 10.5 Å². The molecule has 36 heavy (non-hydrogen) atoms. The topological polar surface area (TPSA) is 162 Å². The van der Waals surface area contributed by atoms with Crippen molar-refractivity contribution < 1.29 is 32.5 Å². The highest BCUT2D eigenvalue weighted by Crippen LogP contribution is 2.33. The summed E-state index contributed by atoms with van der Waals surface area (Å²) in [4.78, 5) is 42.2. The molecular formula is C23H32N4O8S. The minimum absolute atomic E-state index is 0.257. The van der Waals surface area contributed by atoms with Crippen LogP contribution in [-0.2, 0) is 24.4 Å². The van der Waals surface area contributed by atoms with E-state index < -0.39 is 55.2 Å². The number of amides is 2. The molecule has 0 spiro atoms. The molecule has 0 aliphatic carbocycles. The van der Waals surface area contributed by atoms with Crippen LogP contribution in [0.4, 0.5) is 10.5 Å². The fourth-order valence-corrected chi connectivity index (χ4v) is 5.23. The smallest absolute Gasteiger partial charge is 0.411 e. The quantitative estimate of drug-likeness (QED) is 0.293. The Morgan fingerprint density at radius 1 is 1.33 bits per heavy atom. The molecule has 0 aromatic heterocycles. The summed E-state index contributed by atoms with van der Waals surface area (Å²) < 4.78 is 33.4. The molecule has 0 saturated carbocycles. The van der Waals surface area contributed by atoms with Gasteiger partial charge >= 0.3 is 6.09 Å². The number of hydrogen-bond acceptors (Lipinski definition) is 8. The SMILES string of the molecule is C=CCON([C@@H]1C=C(C(C)C)[C@@H](C(N)=O)N(C(=O)OC(C)(C)C)C1)S(=O)(=O)c1ccccc1[N+](=O)[O-]. The Bertz CT molecular complexity index is 1160. The molecular weight excluding hydrogens is 492 g/mol. The second-order valence-corrected chi connectivity index (χ2v) is 11.1. The Morgan fingerprint density at radius 2 is 1.94 bits per heavy atom. The predicted molar refractivity (Wildman–Crippen MR) is 131 cm³/mol. The lowest BCUT2D eigenvalue weighted by molar-refractivity contribution is -0.388. The molecule has 0 fully saturated rings. The van der Waals surface area contributed by atoms with Gasteiger partial charge in [0.15, 0.2) is 4.90 Å². The van der Waals surface area contributed by atoms with Crippen molar-refractivity contribution in [3.8, 4) is 0 Å². The van der Waals surface area contributed by atoms with Crippen LogP contribution in [0.3, 0.4) is 0 Å². The lowest BCUT2D eigenvalue weighted by atomic mass is 9.89. The third kappa shape index (κ3) is 6.47. The molecule has 12 nitrogen and oxygen atoms in total. The van der Waals surface area contributed by atoms with Gasteiger partial charge in [0.25, 0.3) is 15.7 Å². The van der Waals surface area contributed by atoms with Crippen molar-refractivity contribution >= 4 is 27.7 Å². The Balaban J connectivity index is 2.70. The molecule has 1 aromatic carbocycles. The minimum Gasteiger partial charge on any atom is -0.444 e. The molecule has 2 rings (SSSR count). The highest BCUT2D eigenvalue weighted by Gasteiger charge is 2.45. The van der Waals surface area contributed by atoms with Crippen molar-refractivity contribution in [2.45, 2.75) is 57.2 Å². The molecule has 2 amide bonds. The van der Waals surface area contributed by atoms with Crippen LogP contribution in [0.25, 0.3) is 0 Å². The van der Waals surface area contributed by atoms with Crippen molar-refractivity contribution in [1.82, 2.24) is 9.37 Å². The lowest BCUT2D eigenvalue weighted by Gasteiger charge is -2.41. The van der Waals surface area contributed by atoms with Crippen LogP contribution in [0.1, 0.15) is 34.6 Å². The van der Waals surface area contributed by atoms with E-state index in [9.17, 15) is 28.1 Å². The van der Waals surface area contributed by atoms with Crippen molar-refractivity contribution in [3.05, 3.63) is 58.7 Å². The number of nitro groups is 1. The van der Waals surface area contributed by atoms with Crippen LogP contribution in [0.2, 0.25) is 0 Å². The van der Waals surface area contributed by atoms with Crippen LogP contribution in [0.5, 0.6) is 0 Å². The van der Waals surface area contributed by atoms with Gasteiger partial charge in [-0.3, -0.25) is 24.6 Å². The Labute approximate surface area is 210 Å². The number of nitro benzene ring substituents is 1. The number of primary amides is 1. The molecule has 1 aliphatic heterocycles. The van der Waals surface area contributed by atoms with E-state index >= 15 is 0 Å². The Morgan fingerprint density at radius 3 is 2.44 bits per heavy atom. The maximum absolute atomic E-state index is 13.7. The molecule has 0 saturated heterocycles. The molecule has 1 heterocycles. The van der Waals surface area contributed by atoms with E-state index in [0.717, 1.165) is 17.0 Å². The first-order chi connectivity index (χ1) is 16.6. The molecule has 2 N–H and O–H groups in total. The van der Waals surface area contributed by atoms with Crippen molar-refractivity contribution in [2.75, 3.05) is 13.2 Å². The van der Waals surface area contributed by atoms with Crippen LogP contribution >= 0.6 is 0 Å². The standard InChI is InChI=1S/C23H32N4O8S/c1-7-12-34-27(36(32,33)19-11-9-8-10-18(19)26(30)31)16-13-17(15(2)3)20(21(24)28)25(14-16)22(29)35-23(4,5)6/h7-11,13,15-16,20H,1,12,14H2,2-6H3,(H2,24,28)/t16-,20+/m1/s1. The summed E-state index contributed by atoms with van der Waals surface area (Å²) in [6.45, 7) is 11.3. The van der Waals surface area contributed by atoms with Gasteiger partial charge in [-0.25, -0.2) is 13.2 Å². The number of carbonyl (C=O) groups excluding carboxylic acids is 2. The average molecular weight is 525 g/mol. The van der Waals surface area contributed by atoms with E-state index in [0.29, 0.717) is 10.0 Å². The highest BCUT2D eigenvalue weighted by atomic mass is 32.2. The third-order valence-corrected chi connectivity index (χ3v) is 6.88. The largest absolute Gasteiger partial charge is 0.444 e. The van der Waals surface area contributed by atoms with Gasteiger partial charge in [-0.2, -0.15) is 0 Å². The monoisotopic (exact) mass is 524 g/mol. The fraction of sp³-hybridized carbons (Fsp3) is 0.478. The van der Waals surface area contributed by atoms with Crippen LogP contribution in [0, 0.1) is 16.0 Å².